The molecule has 2 aromatic carbocycles. The van der Waals surface area contributed by atoms with E-state index >= 15 is 0 Å². The molecule has 0 aliphatic heterocycles. The second-order valence-electron chi connectivity index (χ2n) is 4.72. The Morgan fingerprint density at radius 1 is 1.27 bits per heavy atom. The summed E-state index contributed by atoms with van der Waals surface area (Å²) in [6.45, 7) is 1.64. The van der Waals surface area contributed by atoms with Crippen LogP contribution >= 0.6 is 15.9 Å². The Hall–Kier alpha value is -2.34. The number of ether oxygens (including phenoxy) is 1. The van der Waals surface area contributed by atoms with Crippen LogP contribution in [-0.4, -0.2) is 23.5 Å². The average molecular weight is 364 g/mol. The Kier molecular flexibility index (Phi) is 4.82. The number of anilines is 1. The van der Waals surface area contributed by atoms with Gasteiger partial charge in [0, 0.05) is 5.69 Å². The number of ketones is 1. The maximum absolute atomic E-state index is 12.3. The molecule has 0 radical (unpaired) electrons. The van der Waals surface area contributed by atoms with E-state index in [2.05, 4.69) is 15.9 Å². The number of carbonyl (C=O) groups is 2. The maximum atomic E-state index is 12.3. The fourth-order valence-electron chi connectivity index (χ4n) is 2.00. The number of hydrogen-bond acceptors (Lipinski definition) is 4. The summed E-state index contributed by atoms with van der Waals surface area (Å²) < 4.78 is 6.17. The third kappa shape index (κ3) is 3.46. The second kappa shape index (κ2) is 6.62. The van der Waals surface area contributed by atoms with Gasteiger partial charge in [0.25, 0.3) is 0 Å². The minimum atomic E-state index is -1.20. The van der Waals surface area contributed by atoms with Crippen LogP contribution in [0.3, 0.4) is 0 Å². The first kappa shape index (κ1) is 16.0. The van der Waals surface area contributed by atoms with Crippen LogP contribution in [-0.2, 0) is 0 Å². The zero-order valence-corrected chi connectivity index (χ0v) is 13.4. The summed E-state index contributed by atoms with van der Waals surface area (Å²) in [4.78, 5) is 23.4. The number of carboxylic acid groups (broad SMARTS) is 1. The number of carboxylic acids is 1. The Labute approximate surface area is 135 Å². The Bertz CT molecular complexity index is 743. The number of Topliss-reactive ketones (excluding diaryl/α,β-unsaturated/α-hetero) is 1. The van der Waals surface area contributed by atoms with E-state index < -0.39 is 11.8 Å². The van der Waals surface area contributed by atoms with Crippen LogP contribution in [0.15, 0.2) is 40.9 Å². The lowest BCUT2D eigenvalue weighted by atomic mass is 10.0. The fourth-order valence-corrected chi connectivity index (χ4v) is 2.61. The SMILES string of the molecule is Cc1ccc(OCC(=O)c2c(N)cccc2C(=O)O)c(Br)c1. The Morgan fingerprint density at radius 3 is 2.64 bits per heavy atom. The lowest BCUT2D eigenvalue weighted by Crippen LogP contribution is -2.18. The summed E-state index contributed by atoms with van der Waals surface area (Å²) in [6.07, 6.45) is 0. The van der Waals surface area contributed by atoms with E-state index in [-0.39, 0.29) is 23.4 Å². The van der Waals surface area contributed by atoms with Crippen molar-refractivity contribution in [3.8, 4) is 5.75 Å². The lowest BCUT2D eigenvalue weighted by molar-refractivity contribution is 0.0690. The first-order chi connectivity index (χ1) is 10.4. The van der Waals surface area contributed by atoms with Gasteiger partial charge in [0.15, 0.2) is 6.61 Å². The molecule has 0 spiro atoms. The molecule has 22 heavy (non-hydrogen) atoms. The average Bonchev–Trinajstić information content (AvgIpc) is 2.45. The van der Waals surface area contributed by atoms with Crippen LogP contribution in [0.2, 0.25) is 0 Å². The minimum absolute atomic E-state index is 0.0294. The molecule has 0 saturated carbocycles. The summed E-state index contributed by atoms with van der Waals surface area (Å²) in [5.74, 6) is -1.18. The molecule has 0 amide bonds. The van der Waals surface area contributed by atoms with E-state index in [1.54, 1.807) is 6.07 Å². The number of rotatable bonds is 5. The van der Waals surface area contributed by atoms with E-state index in [4.69, 9.17) is 15.6 Å². The van der Waals surface area contributed by atoms with Crippen LogP contribution in [0.4, 0.5) is 5.69 Å². The molecule has 6 heteroatoms. The molecule has 0 saturated heterocycles. The number of hydrogen-bond donors (Lipinski definition) is 2. The third-order valence-electron chi connectivity index (χ3n) is 3.05. The number of carbonyl (C=O) groups excluding carboxylic acids is 1. The first-order valence-electron chi connectivity index (χ1n) is 6.44. The van der Waals surface area contributed by atoms with E-state index in [1.807, 2.05) is 19.1 Å². The van der Waals surface area contributed by atoms with Crippen molar-refractivity contribution in [2.45, 2.75) is 6.92 Å². The van der Waals surface area contributed by atoms with Crippen molar-refractivity contribution in [1.29, 1.82) is 0 Å². The molecule has 0 bridgehead atoms. The summed E-state index contributed by atoms with van der Waals surface area (Å²) >= 11 is 3.35. The van der Waals surface area contributed by atoms with Crippen molar-refractivity contribution in [2.24, 2.45) is 0 Å². The van der Waals surface area contributed by atoms with Gasteiger partial charge >= 0.3 is 5.97 Å². The number of aromatic carboxylic acids is 1. The third-order valence-corrected chi connectivity index (χ3v) is 3.67. The van der Waals surface area contributed by atoms with Gasteiger partial charge in [-0.2, -0.15) is 0 Å². The standard InChI is InChI=1S/C16H14BrNO4/c1-9-5-6-14(11(17)7-9)22-8-13(19)15-10(16(20)21)3-2-4-12(15)18/h2-7H,8,18H2,1H3,(H,20,21). The molecule has 114 valence electrons. The smallest absolute Gasteiger partial charge is 0.336 e. The lowest BCUT2D eigenvalue weighted by Gasteiger charge is -2.11. The van der Waals surface area contributed by atoms with Crippen molar-refractivity contribution < 1.29 is 19.4 Å². The van der Waals surface area contributed by atoms with E-state index in [9.17, 15) is 9.59 Å². The molecule has 0 heterocycles. The molecule has 0 atom stereocenters. The van der Waals surface area contributed by atoms with Gasteiger partial charge < -0.3 is 15.6 Å². The molecule has 2 aromatic rings. The van der Waals surface area contributed by atoms with Gasteiger partial charge in [0.05, 0.1) is 15.6 Å². The molecule has 0 aliphatic carbocycles. The van der Waals surface area contributed by atoms with Crippen LogP contribution in [0.25, 0.3) is 0 Å². The Morgan fingerprint density at radius 2 is 2.00 bits per heavy atom. The minimum Gasteiger partial charge on any atom is -0.484 e. The van der Waals surface area contributed by atoms with Crippen molar-refractivity contribution in [2.75, 3.05) is 12.3 Å². The highest BCUT2D eigenvalue weighted by Gasteiger charge is 2.20. The van der Waals surface area contributed by atoms with Crippen LogP contribution in [0.5, 0.6) is 5.75 Å². The van der Waals surface area contributed by atoms with Crippen LogP contribution < -0.4 is 10.5 Å². The zero-order valence-electron chi connectivity index (χ0n) is 11.8. The fraction of sp³-hybridized carbons (Fsp3) is 0.125. The van der Waals surface area contributed by atoms with Crippen LogP contribution in [0.1, 0.15) is 26.3 Å². The molecule has 0 unspecified atom stereocenters. The molecule has 0 fully saturated rings. The first-order valence-corrected chi connectivity index (χ1v) is 7.23. The molecular formula is C16H14BrNO4. The predicted molar refractivity (Wildman–Crippen MR) is 86.5 cm³/mol. The summed E-state index contributed by atoms with van der Waals surface area (Å²) in [6, 6.07) is 9.77. The van der Waals surface area contributed by atoms with Crippen molar-refractivity contribution in [1.82, 2.24) is 0 Å². The largest absolute Gasteiger partial charge is 0.484 e. The van der Waals surface area contributed by atoms with Gasteiger partial charge in [-0.15, -0.1) is 0 Å². The topological polar surface area (TPSA) is 89.6 Å². The highest BCUT2D eigenvalue weighted by Crippen LogP contribution is 2.26. The predicted octanol–water partition coefficient (Wildman–Crippen LogP) is 3.30. The molecular weight excluding hydrogens is 350 g/mol. The van der Waals surface area contributed by atoms with Gasteiger partial charge in [0.2, 0.25) is 5.78 Å². The molecule has 3 N–H and O–H groups in total. The van der Waals surface area contributed by atoms with Gasteiger partial charge in [-0.05, 0) is 52.7 Å². The monoisotopic (exact) mass is 363 g/mol. The highest BCUT2D eigenvalue weighted by atomic mass is 79.9. The van der Waals surface area contributed by atoms with E-state index in [1.165, 1.54) is 18.2 Å². The van der Waals surface area contributed by atoms with Gasteiger partial charge in [-0.3, -0.25) is 4.79 Å². The summed E-state index contributed by atoms with van der Waals surface area (Å²) in [7, 11) is 0. The number of halogens is 1. The van der Waals surface area contributed by atoms with Crippen molar-refractivity contribution in [3.05, 3.63) is 57.6 Å². The quantitative estimate of drug-likeness (QED) is 0.628. The summed E-state index contributed by atoms with van der Waals surface area (Å²) in [5, 5.41) is 9.14. The van der Waals surface area contributed by atoms with Crippen LogP contribution in [0, 0.1) is 6.92 Å². The maximum Gasteiger partial charge on any atom is 0.336 e. The Balaban J connectivity index is 2.21. The normalized spacial score (nSPS) is 10.3. The van der Waals surface area contributed by atoms with Crippen molar-refractivity contribution >= 4 is 33.4 Å². The molecule has 0 aliphatic rings. The number of aryl methyl sites for hydroxylation is 1. The van der Waals surface area contributed by atoms with Gasteiger partial charge in [0.1, 0.15) is 5.75 Å². The van der Waals surface area contributed by atoms with Gasteiger partial charge in [-0.1, -0.05) is 12.1 Å². The van der Waals surface area contributed by atoms with E-state index in [0.717, 1.165) is 10.0 Å². The van der Waals surface area contributed by atoms with Crippen molar-refractivity contribution in [3.63, 3.8) is 0 Å². The van der Waals surface area contributed by atoms with E-state index in [0.29, 0.717) is 5.75 Å². The highest BCUT2D eigenvalue weighted by molar-refractivity contribution is 9.10. The molecule has 0 aromatic heterocycles. The number of benzene rings is 2. The zero-order chi connectivity index (χ0) is 16.3. The molecule has 5 nitrogen and oxygen atoms in total. The number of nitrogens with two attached hydrogens (primary N) is 1. The van der Waals surface area contributed by atoms with Gasteiger partial charge in [-0.25, -0.2) is 4.79 Å². The second-order valence-corrected chi connectivity index (χ2v) is 5.58. The summed E-state index contributed by atoms with van der Waals surface area (Å²) in [5.41, 5.74) is 6.74. The molecule has 2 rings (SSSR count). The number of nitrogen functional groups attached to an aromatic ring is 1.